The molecule has 1 aliphatic heterocycles. The highest BCUT2D eigenvalue weighted by atomic mass is 16.5. The van der Waals surface area contributed by atoms with E-state index in [0.717, 1.165) is 0 Å². The number of hydrogen-bond acceptors (Lipinski definition) is 6. The number of anilines is 1. The van der Waals surface area contributed by atoms with Crippen molar-refractivity contribution >= 4 is 17.5 Å². The van der Waals surface area contributed by atoms with Crippen LogP contribution in [-0.4, -0.2) is 62.2 Å². The van der Waals surface area contributed by atoms with Crippen molar-refractivity contribution in [2.45, 2.75) is 0 Å². The number of ether oxygens (including phenoxy) is 3. The average Bonchev–Trinajstić information content (AvgIpc) is 2.73. The molecule has 0 atom stereocenters. The second-order valence-electron chi connectivity index (χ2n) is 5.84. The summed E-state index contributed by atoms with van der Waals surface area (Å²) in [6.45, 7) is 2.04. The Hall–Kier alpha value is -3.13. The summed E-state index contributed by atoms with van der Waals surface area (Å²) in [5.41, 5.74) is 0.921. The Kier molecular flexibility index (Phi) is 5.87. The summed E-state index contributed by atoms with van der Waals surface area (Å²) in [4.78, 5) is 31.0. The Bertz CT molecular complexity index is 834. The number of carbonyl (C=O) groups excluding carboxylic acids is 2. The van der Waals surface area contributed by atoms with Crippen LogP contribution in [0.1, 0.15) is 21.0 Å². The standard InChI is InChI=1S/C19H21N3O5/c1-25-16-7-6-13(12-17(16)26-2)20-18(23)14-4-3-5-15(21-14)19(24)22-8-10-27-11-9-22/h3-7,12H,8-11H2,1-2H3,(H,20,23). The minimum Gasteiger partial charge on any atom is -0.493 e. The number of nitrogens with zero attached hydrogens (tertiary/aromatic N) is 2. The van der Waals surface area contributed by atoms with E-state index in [0.29, 0.717) is 43.5 Å². The van der Waals surface area contributed by atoms with Crippen molar-refractivity contribution in [1.82, 2.24) is 9.88 Å². The summed E-state index contributed by atoms with van der Waals surface area (Å²) in [5.74, 6) is 0.434. The fourth-order valence-corrected chi connectivity index (χ4v) is 2.72. The molecule has 8 heteroatoms. The fourth-order valence-electron chi connectivity index (χ4n) is 2.72. The van der Waals surface area contributed by atoms with Crippen molar-refractivity contribution in [3.05, 3.63) is 47.8 Å². The lowest BCUT2D eigenvalue weighted by molar-refractivity contribution is 0.0299. The fraction of sp³-hybridized carbons (Fsp3) is 0.316. The number of methoxy groups -OCH3 is 2. The largest absolute Gasteiger partial charge is 0.493 e. The second-order valence-corrected chi connectivity index (χ2v) is 5.84. The zero-order valence-electron chi connectivity index (χ0n) is 15.2. The van der Waals surface area contributed by atoms with Crippen molar-refractivity contribution in [3.8, 4) is 11.5 Å². The van der Waals surface area contributed by atoms with Crippen LogP contribution in [0.5, 0.6) is 11.5 Å². The molecule has 1 saturated heterocycles. The van der Waals surface area contributed by atoms with Crippen molar-refractivity contribution in [1.29, 1.82) is 0 Å². The highest BCUT2D eigenvalue weighted by Crippen LogP contribution is 2.29. The van der Waals surface area contributed by atoms with Crippen LogP contribution in [0.15, 0.2) is 36.4 Å². The van der Waals surface area contributed by atoms with E-state index < -0.39 is 5.91 Å². The molecule has 1 N–H and O–H groups in total. The van der Waals surface area contributed by atoms with Crippen LogP contribution in [0.2, 0.25) is 0 Å². The molecule has 2 heterocycles. The van der Waals surface area contributed by atoms with E-state index in [9.17, 15) is 9.59 Å². The number of benzene rings is 1. The van der Waals surface area contributed by atoms with Gasteiger partial charge in [0.1, 0.15) is 11.4 Å². The minimum atomic E-state index is -0.418. The van der Waals surface area contributed by atoms with Crippen LogP contribution >= 0.6 is 0 Å². The van der Waals surface area contributed by atoms with Crippen molar-refractivity contribution in [3.63, 3.8) is 0 Å². The molecule has 0 aliphatic carbocycles. The van der Waals surface area contributed by atoms with E-state index in [1.54, 1.807) is 41.3 Å². The third-order valence-electron chi connectivity index (χ3n) is 4.14. The van der Waals surface area contributed by atoms with Gasteiger partial charge in [0, 0.05) is 24.8 Å². The molecule has 0 spiro atoms. The van der Waals surface area contributed by atoms with Gasteiger partial charge >= 0.3 is 0 Å². The van der Waals surface area contributed by atoms with Gasteiger partial charge in [0.05, 0.1) is 27.4 Å². The van der Waals surface area contributed by atoms with Gasteiger partial charge in [-0.1, -0.05) is 6.07 Å². The lowest BCUT2D eigenvalue weighted by Crippen LogP contribution is -2.41. The number of morpholine rings is 1. The molecule has 0 radical (unpaired) electrons. The molecule has 0 saturated carbocycles. The van der Waals surface area contributed by atoms with E-state index >= 15 is 0 Å². The summed E-state index contributed by atoms with van der Waals surface area (Å²) >= 11 is 0. The minimum absolute atomic E-state index is 0.156. The highest BCUT2D eigenvalue weighted by Gasteiger charge is 2.21. The molecular formula is C19H21N3O5. The highest BCUT2D eigenvalue weighted by molar-refractivity contribution is 6.04. The molecule has 2 amide bonds. The van der Waals surface area contributed by atoms with Gasteiger partial charge in [-0.25, -0.2) is 4.98 Å². The molecule has 1 fully saturated rings. The molecule has 142 valence electrons. The monoisotopic (exact) mass is 371 g/mol. The third-order valence-corrected chi connectivity index (χ3v) is 4.14. The van der Waals surface area contributed by atoms with Crippen LogP contribution in [0.4, 0.5) is 5.69 Å². The smallest absolute Gasteiger partial charge is 0.274 e. The van der Waals surface area contributed by atoms with Crippen molar-refractivity contribution < 1.29 is 23.8 Å². The molecule has 0 unspecified atom stereocenters. The van der Waals surface area contributed by atoms with Gasteiger partial charge in [-0.05, 0) is 24.3 Å². The van der Waals surface area contributed by atoms with Gasteiger partial charge < -0.3 is 24.4 Å². The van der Waals surface area contributed by atoms with Crippen molar-refractivity contribution in [2.24, 2.45) is 0 Å². The molecule has 2 aromatic rings. The zero-order valence-corrected chi connectivity index (χ0v) is 15.2. The lowest BCUT2D eigenvalue weighted by atomic mass is 10.2. The predicted octanol–water partition coefficient (Wildman–Crippen LogP) is 1.82. The lowest BCUT2D eigenvalue weighted by Gasteiger charge is -2.26. The third kappa shape index (κ3) is 4.35. The van der Waals surface area contributed by atoms with Gasteiger partial charge in [0.2, 0.25) is 0 Å². The number of aromatic nitrogens is 1. The summed E-state index contributed by atoms with van der Waals surface area (Å²) in [7, 11) is 3.06. The van der Waals surface area contributed by atoms with Crippen LogP contribution in [0.3, 0.4) is 0 Å². The van der Waals surface area contributed by atoms with Gasteiger partial charge in [-0.3, -0.25) is 9.59 Å². The average molecular weight is 371 g/mol. The first-order valence-corrected chi connectivity index (χ1v) is 8.50. The first-order chi connectivity index (χ1) is 13.1. The van der Waals surface area contributed by atoms with Gasteiger partial charge in [-0.2, -0.15) is 0 Å². The Morgan fingerprint density at radius 3 is 2.44 bits per heavy atom. The predicted molar refractivity (Wildman–Crippen MR) is 98.5 cm³/mol. The number of amides is 2. The maximum Gasteiger partial charge on any atom is 0.274 e. The molecule has 1 aromatic carbocycles. The first kappa shape index (κ1) is 18.7. The van der Waals surface area contributed by atoms with E-state index in [2.05, 4.69) is 10.3 Å². The first-order valence-electron chi connectivity index (χ1n) is 8.50. The maximum atomic E-state index is 12.5. The van der Waals surface area contributed by atoms with Crippen molar-refractivity contribution in [2.75, 3.05) is 45.8 Å². The normalized spacial score (nSPS) is 13.8. The molecule has 1 aliphatic rings. The maximum absolute atomic E-state index is 12.5. The molecule has 27 heavy (non-hydrogen) atoms. The van der Waals surface area contributed by atoms with Crippen LogP contribution in [-0.2, 0) is 4.74 Å². The van der Waals surface area contributed by atoms with Gasteiger partial charge in [0.15, 0.2) is 11.5 Å². The Balaban J connectivity index is 1.74. The molecule has 1 aromatic heterocycles. The number of pyridine rings is 1. The molecule has 8 nitrogen and oxygen atoms in total. The molecular weight excluding hydrogens is 350 g/mol. The molecule has 0 bridgehead atoms. The van der Waals surface area contributed by atoms with Crippen LogP contribution < -0.4 is 14.8 Å². The number of rotatable bonds is 5. The van der Waals surface area contributed by atoms with Gasteiger partial charge in [0.25, 0.3) is 11.8 Å². The quantitative estimate of drug-likeness (QED) is 0.862. The zero-order chi connectivity index (χ0) is 19.2. The van der Waals surface area contributed by atoms with E-state index in [4.69, 9.17) is 14.2 Å². The summed E-state index contributed by atoms with van der Waals surface area (Å²) < 4.78 is 15.7. The summed E-state index contributed by atoms with van der Waals surface area (Å²) in [6.07, 6.45) is 0. The summed E-state index contributed by atoms with van der Waals surface area (Å²) in [6, 6.07) is 9.85. The van der Waals surface area contributed by atoms with E-state index in [1.807, 2.05) is 0 Å². The number of carbonyl (C=O) groups is 2. The van der Waals surface area contributed by atoms with E-state index in [-0.39, 0.29) is 17.3 Å². The Labute approximate surface area is 157 Å². The molecule has 3 rings (SSSR count). The Morgan fingerprint density at radius 2 is 1.74 bits per heavy atom. The summed E-state index contributed by atoms with van der Waals surface area (Å²) in [5, 5.41) is 2.75. The van der Waals surface area contributed by atoms with Gasteiger partial charge in [-0.15, -0.1) is 0 Å². The number of hydrogen-bond donors (Lipinski definition) is 1. The second kappa shape index (κ2) is 8.50. The van der Waals surface area contributed by atoms with Crippen LogP contribution in [0.25, 0.3) is 0 Å². The Morgan fingerprint density at radius 1 is 1.04 bits per heavy atom. The topological polar surface area (TPSA) is 90.0 Å². The van der Waals surface area contributed by atoms with Crippen LogP contribution in [0, 0.1) is 0 Å². The number of nitrogens with one attached hydrogen (secondary N) is 1. The van der Waals surface area contributed by atoms with E-state index in [1.165, 1.54) is 14.2 Å². The SMILES string of the molecule is COc1ccc(NC(=O)c2cccc(C(=O)N3CCOCC3)n2)cc1OC.